The maximum Gasteiger partial charge on any atom is 0.251 e. The topological polar surface area (TPSA) is 46.9 Å². The number of halogens is 1. The monoisotopic (exact) mass is 369 g/mol. The molecule has 0 saturated carbocycles. The van der Waals surface area contributed by atoms with Crippen LogP contribution >= 0.6 is 15.9 Å². The minimum atomic E-state index is -0.0884. The Morgan fingerprint density at radius 2 is 1.83 bits per heavy atom. The fourth-order valence-corrected chi connectivity index (χ4v) is 2.60. The second kappa shape index (κ2) is 6.79. The van der Waals surface area contributed by atoms with E-state index >= 15 is 0 Å². The highest BCUT2D eigenvalue weighted by Gasteiger charge is 2.11. The first kappa shape index (κ1) is 15.5. The van der Waals surface area contributed by atoms with E-state index < -0.39 is 0 Å². The van der Waals surface area contributed by atoms with E-state index in [0.717, 1.165) is 15.7 Å². The average molecular weight is 370 g/mol. The molecule has 1 atom stereocenters. The summed E-state index contributed by atoms with van der Waals surface area (Å²) in [4.78, 5) is 12.3. The lowest BCUT2D eigenvalue weighted by Crippen LogP contribution is -2.26. The van der Waals surface area contributed by atoms with Gasteiger partial charge in [-0.2, -0.15) is 5.10 Å². The zero-order valence-electron chi connectivity index (χ0n) is 12.6. The van der Waals surface area contributed by atoms with Gasteiger partial charge in [-0.05, 0) is 52.7 Å². The van der Waals surface area contributed by atoms with Crippen LogP contribution in [0.5, 0.6) is 0 Å². The lowest BCUT2D eigenvalue weighted by Gasteiger charge is -2.14. The summed E-state index contributed by atoms with van der Waals surface area (Å²) in [5.74, 6) is -0.0884. The number of hydrogen-bond acceptors (Lipinski definition) is 2. The van der Waals surface area contributed by atoms with Gasteiger partial charge in [-0.3, -0.25) is 4.79 Å². The van der Waals surface area contributed by atoms with E-state index in [2.05, 4.69) is 26.3 Å². The van der Waals surface area contributed by atoms with Crippen molar-refractivity contribution >= 4 is 21.8 Å². The molecule has 0 saturated heterocycles. The molecule has 1 heterocycles. The van der Waals surface area contributed by atoms with Crippen LogP contribution in [-0.4, -0.2) is 15.7 Å². The smallest absolute Gasteiger partial charge is 0.251 e. The number of carbonyl (C=O) groups is 1. The minimum Gasteiger partial charge on any atom is -0.346 e. The van der Waals surface area contributed by atoms with Crippen molar-refractivity contribution in [2.45, 2.75) is 13.0 Å². The van der Waals surface area contributed by atoms with E-state index in [4.69, 9.17) is 0 Å². The van der Waals surface area contributed by atoms with Gasteiger partial charge in [0.1, 0.15) is 0 Å². The second-order valence-corrected chi connectivity index (χ2v) is 6.17. The molecule has 23 heavy (non-hydrogen) atoms. The van der Waals surface area contributed by atoms with Crippen molar-refractivity contribution in [2.75, 3.05) is 0 Å². The number of amides is 1. The van der Waals surface area contributed by atoms with Crippen LogP contribution in [0.25, 0.3) is 5.69 Å². The Kier molecular flexibility index (Phi) is 4.57. The summed E-state index contributed by atoms with van der Waals surface area (Å²) < 4.78 is 2.66. The Labute approximate surface area is 143 Å². The van der Waals surface area contributed by atoms with Gasteiger partial charge in [0.2, 0.25) is 0 Å². The number of rotatable bonds is 4. The highest BCUT2D eigenvalue weighted by atomic mass is 79.9. The molecule has 2 aromatic carbocycles. The number of benzene rings is 2. The van der Waals surface area contributed by atoms with Crippen LogP contribution in [0.3, 0.4) is 0 Å². The van der Waals surface area contributed by atoms with Crippen molar-refractivity contribution in [1.29, 1.82) is 0 Å². The number of nitrogens with zero attached hydrogens (tertiary/aromatic N) is 2. The lowest BCUT2D eigenvalue weighted by molar-refractivity contribution is 0.0940. The number of hydrogen-bond donors (Lipinski definition) is 1. The van der Waals surface area contributed by atoms with Crippen molar-refractivity contribution in [2.24, 2.45) is 0 Å². The second-order valence-electron chi connectivity index (χ2n) is 5.26. The quantitative estimate of drug-likeness (QED) is 0.751. The Bertz CT molecular complexity index is 797. The first-order chi connectivity index (χ1) is 11.1. The molecule has 4 nitrogen and oxygen atoms in total. The maximum absolute atomic E-state index is 12.3. The molecule has 1 unspecified atom stereocenters. The summed E-state index contributed by atoms with van der Waals surface area (Å²) in [6, 6.07) is 17.2. The minimum absolute atomic E-state index is 0.0366. The molecular weight excluding hydrogens is 354 g/mol. The molecule has 0 aliphatic heterocycles. The van der Waals surface area contributed by atoms with Gasteiger partial charge in [-0.1, -0.05) is 30.3 Å². The third-order valence-electron chi connectivity index (χ3n) is 3.59. The predicted octanol–water partition coefficient (Wildman–Crippen LogP) is 4.13. The number of aromatic nitrogens is 2. The molecule has 0 radical (unpaired) electrons. The summed E-state index contributed by atoms with van der Waals surface area (Å²) in [5, 5.41) is 7.22. The highest BCUT2D eigenvalue weighted by Crippen LogP contribution is 2.15. The van der Waals surface area contributed by atoms with Gasteiger partial charge in [-0.15, -0.1) is 0 Å². The largest absolute Gasteiger partial charge is 0.346 e. The molecule has 3 rings (SSSR count). The van der Waals surface area contributed by atoms with E-state index in [-0.39, 0.29) is 11.9 Å². The lowest BCUT2D eigenvalue weighted by atomic mass is 10.1. The van der Waals surface area contributed by atoms with Gasteiger partial charge in [0.15, 0.2) is 0 Å². The normalized spacial score (nSPS) is 11.9. The van der Waals surface area contributed by atoms with Crippen LogP contribution in [-0.2, 0) is 0 Å². The van der Waals surface area contributed by atoms with E-state index in [9.17, 15) is 4.79 Å². The predicted molar refractivity (Wildman–Crippen MR) is 93.6 cm³/mol. The van der Waals surface area contributed by atoms with Crippen molar-refractivity contribution in [1.82, 2.24) is 15.1 Å². The molecule has 0 aliphatic carbocycles. The molecule has 3 aromatic rings. The highest BCUT2D eigenvalue weighted by molar-refractivity contribution is 9.10. The van der Waals surface area contributed by atoms with Crippen molar-refractivity contribution < 1.29 is 4.79 Å². The van der Waals surface area contributed by atoms with Gasteiger partial charge >= 0.3 is 0 Å². The summed E-state index contributed by atoms with van der Waals surface area (Å²) in [6.45, 7) is 1.98. The molecule has 0 spiro atoms. The van der Waals surface area contributed by atoms with Crippen LogP contribution in [0, 0.1) is 0 Å². The van der Waals surface area contributed by atoms with Gasteiger partial charge in [0, 0.05) is 11.8 Å². The number of carbonyl (C=O) groups excluding carboxylic acids is 1. The Morgan fingerprint density at radius 3 is 2.43 bits per heavy atom. The van der Waals surface area contributed by atoms with Crippen molar-refractivity contribution in [3.63, 3.8) is 0 Å². The Morgan fingerprint density at radius 1 is 1.13 bits per heavy atom. The molecule has 116 valence electrons. The molecule has 0 fully saturated rings. The van der Waals surface area contributed by atoms with Crippen LogP contribution in [0.15, 0.2) is 71.5 Å². The van der Waals surface area contributed by atoms with Gasteiger partial charge in [0.25, 0.3) is 5.91 Å². The molecular formula is C18H16BrN3O. The summed E-state index contributed by atoms with van der Waals surface area (Å²) >= 11 is 3.37. The third-order valence-corrected chi connectivity index (χ3v) is 4.00. The third kappa shape index (κ3) is 3.68. The van der Waals surface area contributed by atoms with E-state index in [1.54, 1.807) is 23.0 Å². The van der Waals surface area contributed by atoms with Gasteiger partial charge in [0.05, 0.1) is 22.4 Å². The maximum atomic E-state index is 12.3. The van der Waals surface area contributed by atoms with Crippen LogP contribution in [0.1, 0.15) is 28.9 Å². The van der Waals surface area contributed by atoms with Gasteiger partial charge in [-0.25, -0.2) is 4.68 Å². The van der Waals surface area contributed by atoms with Crippen LogP contribution in [0.4, 0.5) is 0 Å². The fraction of sp³-hybridized carbons (Fsp3) is 0.111. The van der Waals surface area contributed by atoms with Crippen molar-refractivity contribution in [3.8, 4) is 5.69 Å². The van der Waals surface area contributed by atoms with E-state index in [1.165, 1.54) is 0 Å². The molecule has 1 aromatic heterocycles. The molecule has 5 heteroatoms. The number of nitrogens with one attached hydrogen (secondary N) is 1. The Hall–Kier alpha value is -2.40. The summed E-state index contributed by atoms with van der Waals surface area (Å²) in [7, 11) is 0. The standard InChI is InChI=1S/C18H16BrN3O/c1-13(14-5-3-2-4-6-14)21-18(23)15-7-9-17(10-8-15)22-12-16(19)11-20-22/h2-13H,1H3,(H,21,23). The summed E-state index contributed by atoms with van der Waals surface area (Å²) in [5.41, 5.74) is 2.62. The van der Waals surface area contributed by atoms with Gasteiger partial charge < -0.3 is 5.32 Å². The zero-order valence-corrected chi connectivity index (χ0v) is 14.2. The average Bonchev–Trinajstić information content (AvgIpc) is 3.02. The summed E-state index contributed by atoms with van der Waals surface area (Å²) in [6.07, 6.45) is 3.59. The molecule has 1 N–H and O–H groups in total. The Balaban J connectivity index is 1.70. The van der Waals surface area contributed by atoms with Crippen LogP contribution < -0.4 is 5.32 Å². The van der Waals surface area contributed by atoms with Crippen molar-refractivity contribution in [3.05, 3.63) is 82.6 Å². The van der Waals surface area contributed by atoms with Crippen LogP contribution in [0.2, 0.25) is 0 Å². The first-order valence-electron chi connectivity index (χ1n) is 7.30. The molecule has 1 amide bonds. The fourth-order valence-electron chi connectivity index (χ4n) is 2.31. The molecule has 0 bridgehead atoms. The zero-order chi connectivity index (χ0) is 16.2. The molecule has 0 aliphatic rings. The van der Waals surface area contributed by atoms with E-state index in [0.29, 0.717) is 5.56 Å². The SMILES string of the molecule is CC(NC(=O)c1ccc(-n2cc(Br)cn2)cc1)c1ccccc1. The first-order valence-corrected chi connectivity index (χ1v) is 8.09. The van der Waals surface area contributed by atoms with E-state index in [1.807, 2.05) is 55.6 Å².